The molecule has 1 aromatic carbocycles. The molecule has 1 atom stereocenters. The molecule has 1 heterocycles. The molecule has 114 valence electrons. The van der Waals surface area contributed by atoms with Gasteiger partial charge in [0.2, 0.25) is 0 Å². The van der Waals surface area contributed by atoms with E-state index < -0.39 is 0 Å². The van der Waals surface area contributed by atoms with Crippen molar-refractivity contribution < 1.29 is 9.47 Å². The van der Waals surface area contributed by atoms with Crippen molar-refractivity contribution in [3.8, 4) is 11.5 Å². The van der Waals surface area contributed by atoms with Crippen molar-refractivity contribution in [2.24, 2.45) is 7.05 Å². The van der Waals surface area contributed by atoms with Crippen LogP contribution in [0.3, 0.4) is 0 Å². The number of ether oxygens (including phenoxy) is 2. The van der Waals surface area contributed by atoms with Gasteiger partial charge in [-0.1, -0.05) is 13.0 Å². The van der Waals surface area contributed by atoms with Crippen LogP contribution in [-0.4, -0.2) is 30.3 Å². The van der Waals surface area contributed by atoms with E-state index in [1.807, 2.05) is 42.3 Å². The van der Waals surface area contributed by atoms with Crippen LogP contribution in [0.15, 0.2) is 30.7 Å². The van der Waals surface area contributed by atoms with Crippen LogP contribution < -0.4 is 14.8 Å². The van der Waals surface area contributed by atoms with Crippen molar-refractivity contribution in [2.45, 2.75) is 19.4 Å². The average Bonchev–Trinajstić information content (AvgIpc) is 2.93. The van der Waals surface area contributed by atoms with Gasteiger partial charge in [0.25, 0.3) is 0 Å². The molecule has 0 aliphatic heterocycles. The fourth-order valence-electron chi connectivity index (χ4n) is 2.30. The van der Waals surface area contributed by atoms with Gasteiger partial charge >= 0.3 is 0 Å². The summed E-state index contributed by atoms with van der Waals surface area (Å²) in [4.78, 5) is 4.47. The van der Waals surface area contributed by atoms with Gasteiger partial charge in [-0.25, -0.2) is 4.98 Å². The van der Waals surface area contributed by atoms with E-state index in [9.17, 15) is 0 Å². The summed E-state index contributed by atoms with van der Waals surface area (Å²) in [5.41, 5.74) is 2.11. The first-order chi connectivity index (χ1) is 10.2. The SMILES string of the molecule is CCCNC(c1ccc(OC)c(OC)c1)c1cn(C)cn1. The summed E-state index contributed by atoms with van der Waals surface area (Å²) in [6, 6.07) is 6.02. The molecule has 5 nitrogen and oxygen atoms in total. The minimum absolute atomic E-state index is 0.0472. The van der Waals surface area contributed by atoms with Gasteiger partial charge in [-0.15, -0.1) is 0 Å². The highest BCUT2D eigenvalue weighted by Crippen LogP contribution is 2.31. The fourth-order valence-corrected chi connectivity index (χ4v) is 2.30. The van der Waals surface area contributed by atoms with Crippen LogP contribution in [0.25, 0.3) is 0 Å². The van der Waals surface area contributed by atoms with Crippen molar-refractivity contribution >= 4 is 0 Å². The van der Waals surface area contributed by atoms with Gasteiger partial charge in [0.15, 0.2) is 11.5 Å². The van der Waals surface area contributed by atoms with Gasteiger partial charge in [0.05, 0.1) is 32.3 Å². The molecule has 0 radical (unpaired) electrons. The van der Waals surface area contributed by atoms with Crippen molar-refractivity contribution in [1.29, 1.82) is 0 Å². The Balaban J connectivity index is 2.36. The second kappa shape index (κ2) is 7.13. The highest BCUT2D eigenvalue weighted by molar-refractivity contribution is 5.45. The molecular weight excluding hydrogens is 266 g/mol. The Kier molecular flexibility index (Phi) is 5.22. The van der Waals surface area contributed by atoms with Crippen LogP contribution in [0.5, 0.6) is 11.5 Å². The number of nitrogens with one attached hydrogen (secondary N) is 1. The average molecular weight is 289 g/mol. The molecule has 0 bridgehead atoms. The third kappa shape index (κ3) is 3.55. The van der Waals surface area contributed by atoms with E-state index >= 15 is 0 Å². The number of hydrogen-bond acceptors (Lipinski definition) is 4. The van der Waals surface area contributed by atoms with E-state index in [0.29, 0.717) is 0 Å². The first-order valence-electron chi connectivity index (χ1n) is 7.12. The summed E-state index contributed by atoms with van der Waals surface area (Å²) < 4.78 is 12.6. The zero-order chi connectivity index (χ0) is 15.2. The van der Waals surface area contributed by atoms with Crippen molar-refractivity contribution in [2.75, 3.05) is 20.8 Å². The summed E-state index contributed by atoms with van der Waals surface area (Å²) in [6.45, 7) is 3.08. The third-order valence-electron chi connectivity index (χ3n) is 3.36. The van der Waals surface area contributed by atoms with E-state index in [1.54, 1.807) is 14.2 Å². The quantitative estimate of drug-likeness (QED) is 0.851. The molecule has 0 saturated carbocycles. The first kappa shape index (κ1) is 15.4. The van der Waals surface area contributed by atoms with E-state index in [-0.39, 0.29) is 6.04 Å². The van der Waals surface area contributed by atoms with Gasteiger partial charge in [-0.05, 0) is 30.7 Å². The summed E-state index contributed by atoms with van der Waals surface area (Å²) in [5, 5.41) is 3.53. The summed E-state index contributed by atoms with van der Waals surface area (Å²) in [6.07, 6.45) is 4.91. The molecule has 0 saturated heterocycles. The predicted octanol–water partition coefficient (Wildman–Crippen LogP) is 2.53. The highest BCUT2D eigenvalue weighted by atomic mass is 16.5. The van der Waals surface area contributed by atoms with Crippen molar-refractivity contribution in [1.82, 2.24) is 14.9 Å². The lowest BCUT2D eigenvalue weighted by Gasteiger charge is -2.18. The van der Waals surface area contributed by atoms with Gasteiger partial charge < -0.3 is 19.4 Å². The zero-order valence-corrected chi connectivity index (χ0v) is 13.1. The Morgan fingerprint density at radius 2 is 2.00 bits per heavy atom. The monoisotopic (exact) mass is 289 g/mol. The molecular formula is C16H23N3O2. The van der Waals surface area contributed by atoms with Crippen LogP contribution in [0.4, 0.5) is 0 Å². The zero-order valence-electron chi connectivity index (χ0n) is 13.1. The van der Waals surface area contributed by atoms with Crippen LogP contribution in [0.2, 0.25) is 0 Å². The number of methoxy groups -OCH3 is 2. The maximum atomic E-state index is 5.39. The van der Waals surface area contributed by atoms with Gasteiger partial charge in [-0.3, -0.25) is 0 Å². The minimum Gasteiger partial charge on any atom is -0.493 e. The van der Waals surface area contributed by atoms with E-state index in [1.165, 1.54) is 0 Å². The lowest BCUT2D eigenvalue weighted by atomic mass is 10.0. The van der Waals surface area contributed by atoms with Gasteiger partial charge in [0, 0.05) is 13.2 Å². The highest BCUT2D eigenvalue weighted by Gasteiger charge is 2.17. The number of imidazole rings is 1. The smallest absolute Gasteiger partial charge is 0.161 e. The van der Waals surface area contributed by atoms with Crippen LogP contribution >= 0.6 is 0 Å². The third-order valence-corrected chi connectivity index (χ3v) is 3.36. The number of nitrogens with zero attached hydrogens (tertiary/aromatic N) is 2. The first-order valence-corrected chi connectivity index (χ1v) is 7.12. The minimum atomic E-state index is 0.0472. The normalized spacial score (nSPS) is 12.2. The van der Waals surface area contributed by atoms with Crippen molar-refractivity contribution in [3.05, 3.63) is 42.0 Å². The Hall–Kier alpha value is -2.01. The molecule has 2 rings (SSSR count). The maximum Gasteiger partial charge on any atom is 0.161 e. The second-order valence-corrected chi connectivity index (χ2v) is 4.97. The fraction of sp³-hybridized carbons (Fsp3) is 0.438. The molecule has 1 unspecified atom stereocenters. The number of benzene rings is 1. The lowest BCUT2D eigenvalue weighted by Crippen LogP contribution is -2.23. The molecule has 1 aromatic heterocycles. The molecule has 5 heteroatoms. The Labute approximate surface area is 125 Å². The number of aryl methyl sites for hydroxylation is 1. The Morgan fingerprint density at radius 1 is 1.24 bits per heavy atom. The predicted molar refractivity (Wildman–Crippen MR) is 82.9 cm³/mol. The van der Waals surface area contributed by atoms with E-state index in [4.69, 9.17) is 9.47 Å². The lowest BCUT2D eigenvalue weighted by molar-refractivity contribution is 0.354. The maximum absolute atomic E-state index is 5.39. The standard InChI is InChI=1S/C16H23N3O2/c1-5-8-17-16(13-10-19(2)11-18-13)12-6-7-14(20-3)15(9-12)21-4/h6-7,9-11,16-17H,5,8H2,1-4H3. The van der Waals surface area contributed by atoms with Crippen LogP contribution in [0, 0.1) is 0 Å². The topological polar surface area (TPSA) is 48.3 Å². The number of hydrogen-bond donors (Lipinski definition) is 1. The number of aromatic nitrogens is 2. The molecule has 0 amide bonds. The molecule has 0 aliphatic carbocycles. The van der Waals surface area contributed by atoms with Crippen molar-refractivity contribution in [3.63, 3.8) is 0 Å². The number of rotatable bonds is 7. The molecule has 0 aliphatic rings. The Morgan fingerprint density at radius 3 is 2.57 bits per heavy atom. The second-order valence-electron chi connectivity index (χ2n) is 4.97. The molecule has 2 aromatic rings. The van der Waals surface area contributed by atoms with Gasteiger partial charge in [-0.2, -0.15) is 0 Å². The van der Waals surface area contributed by atoms with Gasteiger partial charge in [0.1, 0.15) is 0 Å². The summed E-state index contributed by atoms with van der Waals surface area (Å²) in [7, 11) is 5.27. The van der Waals surface area contributed by atoms with E-state index in [0.717, 1.165) is 35.7 Å². The van der Waals surface area contributed by atoms with E-state index in [2.05, 4.69) is 17.2 Å². The molecule has 1 N–H and O–H groups in total. The van der Waals surface area contributed by atoms with Crippen LogP contribution in [-0.2, 0) is 7.05 Å². The summed E-state index contributed by atoms with van der Waals surface area (Å²) in [5.74, 6) is 1.46. The molecule has 0 fully saturated rings. The largest absolute Gasteiger partial charge is 0.493 e. The molecule has 0 spiro atoms. The summed E-state index contributed by atoms with van der Waals surface area (Å²) >= 11 is 0. The molecule has 21 heavy (non-hydrogen) atoms. The Bertz CT molecular complexity index is 581. The van der Waals surface area contributed by atoms with Crippen LogP contribution in [0.1, 0.15) is 30.6 Å².